The van der Waals surface area contributed by atoms with Crippen LogP contribution in [-0.2, 0) is 6.61 Å². The predicted molar refractivity (Wildman–Crippen MR) is 109 cm³/mol. The molecule has 4 rings (SSSR count). The van der Waals surface area contributed by atoms with Gasteiger partial charge in [0, 0.05) is 5.39 Å². The van der Waals surface area contributed by atoms with E-state index in [0.29, 0.717) is 12.2 Å². The number of aromatic hydroxyl groups is 1. The topological polar surface area (TPSA) is 66.8 Å². The Hall–Kier alpha value is -3.79. The lowest BCUT2D eigenvalue weighted by molar-refractivity contribution is 0.0694. The van der Waals surface area contributed by atoms with Gasteiger partial charge in [-0.1, -0.05) is 66.7 Å². The molecule has 0 aliphatic rings. The molecule has 4 nitrogen and oxygen atoms in total. The molecule has 0 aliphatic heterocycles. The summed E-state index contributed by atoms with van der Waals surface area (Å²) in [7, 11) is 0. The zero-order chi connectivity index (χ0) is 19.5. The maximum Gasteiger partial charge on any atom is 0.339 e. The Morgan fingerprint density at radius 1 is 0.857 bits per heavy atom. The van der Waals surface area contributed by atoms with Crippen molar-refractivity contribution >= 4 is 16.7 Å². The van der Waals surface area contributed by atoms with Crippen LogP contribution in [0, 0.1) is 0 Å². The number of aromatic carboxylic acids is 1. The number of carboxylic acids is 1. The molecule has 4 heteroatoms. The van der Waals surface area contributed by atoms with Crippen LogP contribution in [0.5, 0.6) is 11.5 Å². The largest absolute Gasteiger partial charge is 0.507 e. The number of ether oxygens (including phenoxy) is 1. The molecule has 0 aromatic heterocycles. The van der Waals surface area contributed by atoms with Gasteiger partial charge in [0.1, 0.15) is 23.7 Å². The molecule has 0 fully saturated rings. The summed E-state index contributed by atoms with van der Waals surface area (Å²) >= 11 is 0. The monoisotopic (exact) mass is 370 g/mol. The standard InChI is InChI=1S/C24H18O4/c25-22-13-12-17(14-21(22)24(26)27)19-9-3-2-7-18(19)15-28-23-11-5-8-16-6-1-4-10-20(16)23/h1-14,25H,15H2,(H,26,27). The number of hydrogen-bond donors (Lipinski definition) is 2. The molecule has 0 saturated heterocycles. The molecule has 4 aromatic rings. The summed E-state index contributed by atoms with van der Waals surface area (Å²) in [4.78, 5) is 11.3. The first kappa shape index (κ1) is 17.6. The van der Waals surface area contributed by atoms with E-state index in [0.717, 1.165) is 27.6 Å². The van der Waals surface area contributed by atoms with E-state index in [4.69, 9.17) is 4.74 Å². The lowest BCUT2D eigenvalue weighted by Gasteiger charge is -2.13. The van der Waals surface area contributed by atoms with Crippen molar-refractivity contribution in [3.05, 3.63) is 96.1 Å². The predicted octanol–water partition coefficient (Wildman–Crippen LogP) is 5.49. The molecular formula is C24H18O4. The van der Waals surface area contributed by atoms with Gasteiger partial charge in [0.2, 0.25) is 0 Å². The van der Waals surface area contributed by atoms with E-state index in [1.54, 1.807) is 6.07 Å². The maximum absolute atomic E-state index is 11.3. The van der Waals surface area contributed by atoms with Crippen molar-refractivity contribution in [3.8, 4) is 22.6 Å². The van der Waals surface area contributed by atoms with Gasteiger partial charge in [-0.3, -0.25) is 0 Å². The van der Waals surface area contributed by atoms with Crippen LogP contribution in [0.2, 0.25) is 0 Å². The van der Waals surface area contributed by atoms with E-state index >= 15 is 0 Å². The second-order valence-electron chi connectivity index (χ2n) is 6.46. The van der Waals surface area contributed by atoms with Crippen molar-refractivity contribution in [2.24, 2.45) is 0 Å². The fourth-order valence-corrected chi connectivity index (χ4v) is 3.28. The minimum atomic E-state index is -1.16. The van der Waals surface area contributed by atoms with E-state index in [1.165, 1.54) is 12.1 Å². The van der Waals surface area contributed by atoms with Gasteiger partial charge in [0.25, 0.3) is 0 Å². The van der Waals surface area contributed by atoms with Crippen LogP contribution < -0.4 is 4.74 Å². The second-order valence-corrected chi connectivity index (χ2v) is 6.46. The first-order chi connectivity index (χ1) is 13.6. The second kappa shape index (κ2) is 7.45. The molecular weight excluding hydrogens is 352 g/mol. The fraction of sp³-hybridized carbons (Fsp3) is 0.0417. The third-order valence-corrected chi connectivity index (χ3v) is 4.69. The molecule has 0 saturated carbocycles. The zero-order valence-corrected chi connectivity index (χ0v) is 15.0. The summed E-state index contributed by atoms with van der Waals surface area (Å²) in [5.74, 6) is -0.616. The Morgan fingerprint density at radius 3 is 2.46 bits per heavy atom. The zero-order valence-electron chi connectivity index (χ0n) is 15.0. The summed E-state index contributed by atoms with van der Waals surface area (Å²) < 4.78 is 6.10. The molecule has 0 bridgehead atoms. The van der Waals surface area contributed by atoms with E-state index in [1.807, 2.05) is 66.7 Å². The van der Waals surface area contributed by atoms with Crippen LogP contribution in [0.3, 0.4) is 0 Å². The molecule has 0 amide bonds. The van der Waals surface area contributed by atoms with Crippen LogP contribution in [0.4, 0.5) is 0 Å². The van der Waals surface area contributed by atoms with Crippen molar-refractivity contribution in [2.45, 2.75) is 6.61 Å². The van der Waals surface area contributed by atoms with Crippen molar-refractivity contribution in [1.29, 1.82) is 0 Å². The Kier molecular flexibility index (Phi) is 4.68. The summed E-state index contributed by atoms with van der Waals surface area (Å²) in [6.45, 7) is 0.341. The van der Waals surface area contributed by atoms with Crippen LogP contribution in [0.1, 0.15) is 15.9 Å². The quantitative estimate of drug-likeness (QED) is 0.487. The normalized spacial score (nSPS) is 10.7. The highest BCUT2D eigenvalue weighted by molar-refractivity contribution is 5.92. The van der Waals surface area contributed by atoms with Gasteiger partial charge in [-0.05, 0) is 40.3 Å². The smallest absolute Gasteiger partial charge is 0.339 e. The Bertz CT molecular complexity index is 1160. The first-order valence-electron chi connectivity index (χ1n) is 8.88. The number of carboxylic acid groups (broad SMARTS) is 1. The first-order valence-corrected chi connectivity index (χ1v) is 8.88. The number of benzene rings is 4. The van der Waals surface area contributed by atoms with Gasteiger partial charge in [0.15, 0.2) is 0 Å². The lowest BCUT2D eigenvalue weighted by Crippen LogP contribution is -2.00. The van der Waals surface area contributed by atoms with Crippen LogP contribution >= 0.6 is 0 Å². The molecule has 138 valence electrons. The van der Waals surface area contributed by atoms with Gasteiger partial charge in [-0.25, -0.2) is 4.79 Å². The van der Waals surface area contributed by atoms with Gasteiger partial charge >= 0.3 is 5.97 Å². The minimum absolute atomic E-state index is 0.123. The van der Waals surface area contributed by atoms with Crippen LogP contribution in [0.15, 0.2) is 84.9 Å². The minimum Gasteiger partial charge on any atom is -0.507 e. The van der Waals surface area contributed by atoms with E-state index < -0.39 is 5.97 Å². The fourth-order valence-electron chi connectivity index (χ4n) is 3.28. The summed E-state index contributed by atoms with van der Waals surface area (Å²) in [5, 5.41) is 21.2. The lowest BCUT2D eigenvalue weighted by atomic mass is 9.98. The van der Waals surface area contributed by atoms with Crippen molar-refractivity contribution in [3.63, 3.8) is 0 Å². The highest BCUT2D eigenvalue weighted by Crippen LogP contribution is 2.31. The van der Waals surface area contributed by atoms with Crippen molar-refractivity contribution < 1.29 is 19.7 Å². The molecule has 2 N–H and O–H groups in total. The molecule has 0 unspecified atom stereocenters. The SMILES string of the molecule is O=C(O)c1cc(-c2ccccc2COc2cccc3ccccc23)ccc1O. The molecule has 0 heterocycles. The Morgan fingerprint density at radius 2 is 1.61 bits per heavy atom. The van der Waals surface area contributed by atoms with Crippen LogP contribution in [-0.4, -0.2) is 16.2 Å². The van der Waals surface area contributed by atoms with Gasteiger partial charge in [0.05, 0.1) is 0 Å². The number of rotatable bonds is 5. The Labute approximate surface area is 162 Å². The molecule has 4 aromatic carbocycles. The number of phenols is 1. The highest BCUT2D eigenvalue weighted by Gasteiger charge is 2.13. The molecule has 0 radical (unpaired) electrons. The van der Waals surface area contributed by atoms with E-state index in [9.17, 15) is 15.0 Å². The van der Waals surface area contributed by atoms with Crippen LogP contribution in [0.25, 0.3) is 21.9 Å². The van der Waals surface area contributed by atoms with E-state index in [-0.39, 0.29) is 11.3 Å². The third kappa shape index (κ3) is 3.40. The maximum atomic E-state index is 11.3. The molecule has 0 atom stereocenters. The highest BCUT2D eigenvalue weighted by atomic mass is 16.5. The van der Waals surface area contributed by atoms with Crippen molar-refractivity contribution in [2.75, 3.05) is 0 Å². The van der Waals surface area contributed by atoms with Gasteiger partial charge in [-0.15, -0.1) is 0 Å². The Balaban J connectivity index is 1.67. The average molecular weight is 370 g/mol. The van der Waals surface area contributed by atoms with Gasteiger partial charge < -0.3 is 14.9 Å². The average Bonchev–Trinajstić information content (AvgIpc) is 2.72. The van der Waals surface area contributed by atoms with Crippen molar-refractivity contribution in [1.82, 2.24) is 0 Å². The number of fused-ring (bicyclic) bond motifs is 1. The molecule has 0 aliphatic carbocycles. The number of hydrogen-bond acceptors (Lipinski definition) is 3. The third-order valence-electron chi connectivity index (χ3n) is 4.69. The number of carbonyl (C=O) groups is 1. The summed E-state index contributed by atoms with van der Waals surface area (Å²) in [5.41, 5.74) is 2.39. The molecule has 0 spiro atoms. The molecule has 28 heavy (non-hydrogen) atoms. The summed E-state index contributed by atoms with van der Waals surface area (Å²) in [6, 6.07) is 26.3. The summed E-state index contributed by atoms with van der Waals surface area (Å²) in [6.07, 6.45) is 0. The van der Waals surface area contributed by atoms with Gasteiger partial charge in [-0.2, -0.15) is 0 Å². The van der Waals surface area contributed by atoms with E-state index in [2.05, 4.69) is 0 Å².